The third kappa shape index (κ3) is 3.90. The van der Waals surface area contributed by atoms with Crippen LogP contribution in [-0.2, 0) is 9.53 Å². The van der Waals surface area contributed by atoms with Gasteiger partial charge in [-0.05, 0) is 31.2 Å². The highest BCUT2D eigenvalue weighted by Gasteiger charge is 2.23. The van der Waals surface area contributed by atoms with Gasteiger partial charge >= 0.3 is 5.97 Å². The largest absolute Gasteiger partial charge is 0.467 e. The number of hydrogen-bond acceptors (Lipinski definition) is 3. The van der Waals surface area contributed by atoms with Gasteiger partial charge in [0.2, 0.25) is 0 Å². The molecule has 0 saturated carbocycles. The average Bonchev–Trinajstić information content (AvgIpc) is 2.47. The van der Waals surface area contributed by atoms with E-state index in [0.29, 0.717) is 15.6 Å². The van der Waals surface area contributed by atoms with Crippen molar-refractivity contribution in [3.63, 3.8) is 0 Å². The topological polar surface area (TPSA) is 38.3 Å². The lowest BCUT2D eigenvalue weighted by Gasteiger charge is -2.19. The zero-order valence-electron chi connectivity index (χ0n) is 11.7. The summed E-state index contributed by atoms with van der Waals surface area (Å²) in [4.78, 5) is 12.0. The molecule has 0 saturated heterocycles. The van der Waals surface area contributed by atoms with Gasteiger partial charge in [0.15, 0.2) is 6.04 Å². The Morgan fingerprint density at radius 2 is 1.81 bits per heavy atom. The van der Waals surface area contributed by atoms with Gasteiger partial charge in [-0.3, -0.25) is 0 Å². The number of esters is 1. The Kier molecular flexibility index (Phi) is 5.10. The summed E-state index contributed by atoms with van der Waals surface area (Å²) in [5.74, 6) is -0.417. The number of ether oxygens (including phenoxy) is 1. The van der Waals surface area contributed by atoms with E-state index in [4.69, 9.17) is 27.9 Å². The Morgan fingerprint density at radius 3 is 2.38 bits per heavy atom. The van der Waals surface area contributed by atoms with Gasteiger partial charge in [0.1, 0.15) is 0 Å². The Balaban J connectivity index is 2.34. The van der Waals surface area contributed by atoms with Crippen LogP contribution in [0.2, 0.25) is 10.0 Å². The first-order chi connectivity index (χ1) is 10.0. The van der Waals surface area contributed by atoms with Crippen LogP contribution in [0.3, 0.4) is 0 Å². The molecule has 110 valence electrons. The lowest BCUT2D eigenvalue weighted by Crippen LogP contribution is -2.22. The molecule has 1 N–H and O–H groups in total. The van der Waals surface area contributed by atoms with Crippen LogP contribution in [0.5, 0.6) is 0 Å². The van der Waals surface area contributed by atoms with Crippen molar-refractivity contribution in [3.8, 4) is 0 Å². The highest BCUT2D eigenvalue weighted by Crippen LogP contribution is 2.29. The van der Waals surface area contributed by atoms with Crippen LogP contribution < -0.4 is 5.32 Å². The van der Waals surface area contributed by atoms with E-state index in [1.165, 1.54) is 7.11 Å². The molecule has 5 heteroatoms. The highest BCUT2D eigenvalue weighted by molar-refractivity contribution is 6.35. The number of halogens is 2. The molecule has 2 aromatic rings. The van der Waals surface area contributed by atoms with Crippen LogP contribution in [-0.4, -0.2) is 13.1 Å². The second-order valence-electron chi connectivity index (χ2n) is 4.63. The normalized spacial score (nSPS) is 11.8. The molecule has 1 atom stereocenters. The fourth-order valence-corrected chi connectivity index (χ4v) is 2.45. The summed E-state index contributed by atoms with van der Waals surface area (Å²) in [5.41, 5.74) is 2.57. The summed E-state index contributed by atoms with van der Waals surface area (Å²) in [5, 5.41) is 4.06. The van der Waals surface area contributed by atoms with Gasteiger partial charge in [-0.1, -0.05) is 47.0 Å². The smallest absolute Gasteiger partial charge is 0.333 e. The molecule has 0 aromatic heterocycles. The number of anilines is 1. The van der Waals surface area contributed by atoms with Gasteiger partial charge in [-0.25, -0.2) is 4.79 Å². The first-order valence-corrected chi connectivity index (χ1v) is 7.13. The van der Waals surface area contributed by atoms with Crippen LogP contribution in [0.1, 0.15) is 17.2 Å². The van der Waals surface area contributed by atoms with Crippen molar-refractivity contribution >= 4 is 34.9 Å². The van der Waals surface area contributed by atoms with E-state index < -0.39 is 12.0 Å². The van der Waals surface area contributed by atoms with Crippen LogP contribution in [0.15, 0.2) is 42.5 Å². The minimum absolute atomic E-state index is 0.414. The summed E-state index contributed by atoms with van der Waals surface area (Å²) in [6.45, 7) is 2.00. The molecule has 1 unspecified atom stereocenters. The third-order valence-corrected chi connectivity index (χ3v) is 3.64. The molecular formula is C16H15Cl2NO2. The Hall–Kier alpha value is -1.71. The molecule has 0 heterocycles. The molecule has 0 aliphatic carbocycles. The maximum atomic E-state index is 12.0. The van der Waals surface area contributed by atoms with Crippen molar-refractivity contribution in [1.82, 2.24) is 0 Å². The van der Waals surface area contributed by atoms with Crippen LogP contribution >= 0.6 is 23.2 Å². The van der Waals surface area contributed by atoms with Gasteiger partial charge < -0.3 is 10.1 Å². The number of carbonyl (C=O) groups is 1. The van der Waals surface area contributed by atoms with Gasteiger partial charge in [0.05, 0.1) is 7.11 Å². The lowest BCUT2D eigenvalue weighted by atomic mass is 10.1. The number of methoxy groups -OCH3 is 1. The molecule has 0 aliphatic heterocycles. The third-order valence-electron chi connectivity index (χ3n) is 3.07. The second-order valence-corrected chi connectivity index (χ2v) is 5.48. The van der Waals surface area contributed by atoms with E-state index in [0.717, 1.165) is 11.3 Å². The number of carbonyl (C=O) groups excluding carboxylic acids is 1. The first-order valence-electron chi connectivity index (χ1n) is 6.37. The zero-order chi connectivity index (χ0) is 15.4. The summed E-state index contributed by atoms with van der Waals surface area (Å²) in [6, 6.07) is 12.0. The fourth-order valence-electron chi connectivity index (χ4n) is 1.93. The monoisotopic (exact) mass is 323 g/mol. The van der Waals surface area contributed by atoms with Gasteiger partial charge in [-0.15, -0.1) is 0 Å². The molecule has 0 spiro atoms. The predicted molar refractivity (Wildman–Crippen MR) is 86.0 cm³/mol. The number of nitrogens with one attached hydrogen (secondary N) is 1. The molecular weight excluding hydrogens is 309 g/mol. The van der Waals surface area contributed by atoms with Crippen molar-refractivity contribution < 1.29 is 9.53 Å². The Labute approximate surface area is 133 Å². The number of aryl methyl sites for hydroxylation is 1. The van der Waals surface area contributed by atoms with Crippen molar-refractivity contribution in [2.45, 2.75) is 13.0 Å². The molecule has 0 fully saturated rings. The molecule has 0 bridgehead atoms. The fraction of sp³-hybridized carbons (Fsp3) is 0.188. The van der Waals surface area contributed by atoms with Crippen molar-refractivity contribution in [2.75, 3.05) is 12.4 Å². The highest BCUT2D eigenvalue weighted by atomic mass is 35.5. The standard InChI is InChI=1S/C16H15Cl2NO2/c1-10-3-6-12(7-4-10)19-15(16(20)21-2)13-8-5-11(17)9-14(13)18/h3-9,15,19H,1-2H3. The predicted octanol–water partition coefficient (Wildman–Crippen LogP) is 4.63. The lowest BCUT2D eigenvalue weighted by molar-refractivity contribution is -0.141. The van der Waals surface area contributed by atoms with E-state index in [2.05, 4.69) is 5.32 Å². The first kappa shape index (κ1) is 15.7. The van der Waals surface area contributed by atoms with E-state index in [-0.39, 0.29) is 0 Å². The van der Waals surface area contributed by atoms with Crippen molar-refractivity contribution in [1.29, 1.82) is 0 Å². The summed E-state index contributed by atoms with van der Waals surface area (Å²) >= 11 is 12.1. The Bertz CT molecular complexity index is 641. The summed E-state index contributed by atoms with van der Waals surface area (Å²) in [6.07, 6.45) is 0. The molecule has 3 nitrogen and oxygen atoms in total. The maximum Gasteiger partial charge on any atom is 0.333 e. The number of benzene rings is 2. The van der Waals surface area contributed by atoms with Gasteiger partial charge in [0, 0.05) is 21.3 Å². The van der Waals surface area contributed by atoms with Crippen molar-refractivity contribution in [3.05, 3.63) is 63.6 Å². The molecule has 0 radical (unpaired) electrons. The van der Waals surface area contributed by atoms with E-state index >= 15 is 0 Å². The van der Waals surface area contributed by atoms with E-state index in [1.807, 2.05) is 31.2 Å². The number of hydrogen-bond donors (Lipinski definition) is 1. The summed E-state index contributed by atoms with van der Waals surface area (Å²) < 4.78 is 4.85. The average molecular weight is 324 g/mol. The molecule has 2 rings (SSSR count). The van der Waals surface area contributed by atoms with Gasteiger partial charge in [0.25, 0.3) is 0 Å². The van der Waals surface area contributed by atoms with Crippen molar-refractivity contribution in [2.24, 2.45) is 0 Å². The Morgan fingerprint density at radius 1 is 1.14 bits per heavy atom. The molecule has 0 amide bonds. The number of rotatable bonds is 4. The minimum atomic E-state index is -0.692. The van der Waals surface area contributed by atoms with E-state index in [9.17, 15) is 4.79 Å². The van der Waals surface area contributed by atoms with Gasteiger partial charge in [-0.2, -0.15) is 0 Å². The summed E-state index contributed by atoms with van der Waals surface area (Å²) in [7, 11) is 1.34. The molecule has 21 heavy (non-hydrogen) atoms. The second kappa shape index (κ2) is 6.83. The van der Waals surface area contributed by atoms with Crippen LogP contribution in [0, 0.1) is 6.92 Å². The van der Waals surface area contributed by atoms with Crippen LogP contribution in [0.4, 0.5) is 5.69 Å². The minimum Gasteiger partial charge on any atom is -0.467 e. The van der Waals surface area contributed by atoms with E-state index in [1.54, 1.807) is 18.2 Å². The zero-order valence-corrected chi connectivity index (χ0v) is 13.2. The maximum absolute atomic E-state index is 12.0. The SMILES string of the molecule is COC(=O)C(Nc1ccc(C)cc1)c1ccc(Cl)cc1Cl. The molecule has 0 aliphatic rings. The molecule has 2 aromatic carbocycles. The van der Waals surface area contributed by atoms with Crippen LogP contribution in [0.25, 0.3) is 0 Å². The quantitative estimate of drug-likeness (QED) is 0.834.